The smallest absolute Gasteiger partial charge is 0.151 e. The van der Waals surface area contributed by atoms with Crippen LogP contribution in [0.4, 0.5) is 0 Å². The maximum atomic E-state index is 5.79. The second-order valence-corrected chi connectivity index (χ2v) is 4.29. The van der Waals surface area contributed by atoms with Gasteiger partial charge in [0.2, 0.25) is 0 Å². The SMILES string of the molecule is CCc1nc(CC)n(-c2ccc([C@@H](C)N)nc2)n1. The molecule has 2 rings (SSSR count). The molecule has 0 radical (unpaired) electrons. The van der Waals surface area contributed by atoms with Crippen LogP contribution in [-0.4, -0.2) is 19.7 Å². The average Bonchev–Trinajstić information content (AvgIpc) is 2.82. The Kier molecular flexibility index (Phi) is 3.72. The van der Waals surface area contributed by atoms with Crippen LogP contribution in [0.25, 0.3) is 5.69 Å². The van der Waals surface area contributed by atoms with Crippen molar-refractivity contribution < 1.29 is 0 Å². The number of nitrogens with two attached hydrogens (primary N) is 1. The summed E-state index contributed by atoms with van der Waals surface area (Å²) >= 11 is 0. The second kappa shape index (κ2) is 5.27. The molecule has 0 fully saturated rings. The van der Waals surface area contributed by atoms with Crippen LogP contribution in [0.1, 0.15) is 44.2 Å². The molecule has 96 valence electrons. The predicted molar refractivity (Wildman–Crippen MR) is 70.5 cm³/mol. The zero-order chi connectivity index (χ0) is 13.1. The fourth-order valence-corrected chi connectivity index (χ4v) is 1.77. The van der Waals surface area contributed by atoms with Crippen molar-refractivity contribution in [3.63, 3.8) is 0 Å². The van der Waals surface area contributed by atoms with E-state index >= 15 is 0 Å². The molecule has 0 aromatic carbocycles. The second-order valence-electron chi connectivity index (χ2n) is 4.29. The van der Waals surface area contributed by atoms with Gasteiger partial charge in [-0.05, 0) is 19.1 Å². The molecule has 1 atom stereocenters. The lowest BCUT2D eigenvalue weighted by Crippen LogP contribution is -2.08. The molecule has 0 bridgehead atoms. The number of hydrogen-bond donors (Lipinski definition) is 1. The van der Waals surface area contributed by atoms with Gasteiger partial charge < -0.3 is 5.73 Å². The summed E-state index contributed by atoms with van der Waals surface area (Å²) in [6, 6.07) is 3.87. The van der Waals surface area contributed by atoms with Crippen LogP contribution in [-0.2, 0) is 12.8 Å². The number of pyridine rings is 1. The molecule has 0 amide bonds. The van der Waals surface area contributed by atoms with E-state index in [1.165, 1.54) is 0 Å². The van der Waals surface area contributed by atoms with E-state index in [-0.39, 0.29) is 6.04 Å². The summed E-state index contributed by atoms with van der Waals surface area (Å²) in [6.07, 6.45) is 3.49. The minimum Gasteiger partial charge on any atom is -0.323 e. The van der Waals surface area contributed by atoms with Crippen LogP contribution in [0, 0.1) is 0 Å². The Balaban J connectivity index is 2.38. The molecule has 2 aromatic rings. The number of hydrogen-bond acceptors (Lipinski definition) is 4. The molecule has 0 aliphatic rings. The van der Waals surface area contributed by atoms with Crippen LogP contribution in [0.15, 0.2) is 18.3 Å². The molecule has 0 saturated carbocycles. The molecule has 0 saturated heterocycles. The molecule has 2 aromatic heterocycles. The van der Waals surface area contributed by atoms with E-state index < -0.39 is 0 Å². The van der Waals surface area contributed by atoms with Gasteiger partial charge in [-0.25, -0.2) is 9.67 Å². The first-order valence-electron chi connectivity index (χ1n) is 6.32. The lowest BCUT2D eigenvalue weighted by atomic mass is 10.2. The minimum absolute atomic E-state index is 0.0494. The largest absolute Gasteiger partial charge is 0.323 e. The highest BCUT2D eigenvalue weighted by atomic mass is 15.4. The fourth-order valence-electron chi connectivity index (χ4n) is 1.77. The first-order valence-corrected chi connectivity index (χ1v) is 6.32. The van der Waals surface area contributed by atoms with Gasteiger partial charge in [-0.2, -0.15) is 5.10 Å². The van der Waals surface area contributed by atoms with E-state index in [4.69, 9.17) is 5.73 Å². The summed E-state index contributed by atoms with van der Waals surface area (Å²) in [4.78, 5) is 8.83. The van der Waals surface area contributed by atoms with Gasteiger partial charge in [0.25, 0.3) is 0 Å². The fraction of sp³-hybridized carbons (Fsp3) is 0.462. The van der Waals surface area contributed by atoms with Gasteiger partial charge in [0.05, 0.1) is 17.6 Å². The van der Waals surface area contributed by atoms with Gasteiger partial charge in [-0.15, -0.1) is 0 Å². The zero-order valence-corrected chi connectivity index (χ0v) is 11.1. The normalized spacial score (nSPS) is 12.7. The lowest BCUT2D eigenvalue weighted by molar-refractivity contribution is 0.761. The zero-order valence-electron chi connectivity index (χ0n) is 11.1. The number of rotatable bonds is 4. The van der Waals surface area contributed by atoms with Gasteiger partial charge in [0, 0.05) is 18.9 Å². The molecule has 5 heteroatoms. The van der Waals surface area contributed by atoms with Crippen LogP contribution in [0.3, 0.4) is 0 Å². The molecule has 0 unspecified atom stereocenters. The summed E-state index contributed by atoms with van der Waals surface area (Å²) in [7, 11) is 0. The third kappa shape index (κ3) is 2.41. The van der Waals surface area contributed by atoms with Crippen LogP contribution < -0.4 is 5.73 Å². The van der Waals surface area contributed by atoms with Gasteiger partial charge in [-0.3, -0.25) is 4.98 Å². The molecule has 2 heterocycles. The Bertz CT molecular complexity index is 513. The predicted octanol–water partition coefficient (Wildman–Crippen LogP) is 1.81. The molecule has 0 aliphatic carbocycles. The quantitative estimate of drug-likeness (QED) is 0.891. The molecule has 5 nitrogen and oxygen atoms in total. The molecular weight excluding hydrogens is 226 g/mol. The van der Waals surface area contributed by atoms with E-state index in [0.29, 0.717) is 0 Å². The molecular formula is C13H19N5. The monoisotopic (exact) mass is 245 g/mol. The van der Waals surface area contributed by atoms with Crippen molar-refractivity contribution in [3.8, 4) is 5.69 Å². The van der Waals surface area contributed by atoms with E-state index in [1.54, 1.807) is 6.20 Å². The first kappa shape index (κ1) is 12.7. The van der Waals surface area contributed by atoms with Gasteiger partial charge in [0.15, 0.2) is 5.82 Å². The Morgan fingerprint density at radius 2 is 2.06 bits per heavy atom. The molecule has 2 N–H and O–H groups in total. The summed E-state index contributed by atoms with van der Waals surface area (Å²) in [5.74, 6) is 1.82. The van der Waals surface area contributed by atoms with Crippen molar-refractivity contribution in [2.24, 2.45) is 5.73 Å². The highest BCUT2D eigenvalue weighted by molar-refractivity contribution is 5.30. The summed E-state index contributed by atoms with van der Waals surface area (Å²) in [6.45, 7) is 6.05. The molecule has 0 spiro atoms. The van der Waals surface area contributed by atoms with Crippen molar-refractivity contribution in [3.05, 3.63) is 35.7 Å². The van der Waals surface area contributed by atoms with Crippen molar-refractivity contribution in [1.29, 1.82) is 0 Å². The molecule has 18 heavy (non-hydrogen) atoms. The molecule has 0 aliphatic heterocycles. The van der Waals surface area contributed by atoms with Crippen LogP contribution in [0.5, 0.6) is 0 Å². The van der Waals surface area contributed by atoms with Crippen molar-refractivity contribution >= 4 is 0 Å². The van der Waals surface area contributed by atoms with Crippen LogP contribution in [0.2, 0.25) is 0 Å². The Morgan fingerprint density at radius 1 is 1.28 bits per heavy atom. The van der Waals surface area contributed by atoms with Gasteiger partial charge in [-0.1, -0.05) is 13.8 Å². The maximum absolute atomic E-state index is 5.79. The topological polar surface area (TPSA) is 69.6 Å². The minimum atomic E-state index is -0.0494. The maximum Gasteiger partial charge on any atom is 0.151 e. The third-order valence-electron chi connectivity index (χ3n) is 2.83. The van der Waals surface area contributed by atoms with E-state index in [2.05, 4.69) is 28.9 Å². The highest BCUT2D eigenvalue weighted by Gasteiger charge is 2.09. The Morgan fingerprint density at radius 3 is 2.56 bits per heavy atom. The van der Waals surface area contributed by atoms with E-state index in [1.807, 2.05) is 23.7 Å². The standard InChI is InChI=1S/C13H19N5/c1-4-12-16-13(5-2)18(17-12)10-6-7-11(9(3)14)15-8-10/h6-9H,4-5,14H2,1-3H3/t9-/m1/s1. The highest BCUT2D eigenvalue weighted by Crippen LogP contribution is 2.13. The summed E-state index contributed by atoms with van der Waals surface area (Å²) < 4.78 is 1.86. The third-order valence-corrected chi connectivity index (χ3v) is 2.83. The lowest BCUT2D eigenvalue weighted by Gasteiger charge is -2.07. The number of nitrogens with zero attached hydrogens (tertiary/aromatic N) is 4. The average molecular weight is 245 g/mol. The first-order chi connectivity index (χ1) is 8.65. The van der Waals surface area contributed by atoms with Crippen molar-refractivity contribution in [1.82, 2.24) is 19.7 Å². The van der Waals surface area contributed by atoms with Crippen molar-refractivity contribution in [2.45, 2.75) is 39.7 Å². The van der Waals surface area contributed by atoms with E-state index in [0.717, 1.165) is 35.9 Å². The van der Waals surface area contributed by atoms with Crippen molar-refractivity contribution in [2.75, 3.05) is 0 Å². The number of aryl methyl sites for hydroxylation is 2. The van der Waals surface area contributed by atoms with Gasteiger partial charge in [0.1, 0.15) is 5.82 Å². The summed E-state index contributed by atoms with van der Waals surface area (Å²) in [5.41, 5.74) is 7.60. The summed E-state index contributed by atoms with van der Waals surface area (Å²) in [5, 5.41) is 4.48. The van der Waals surface area contributed by atoms with Crippen LogP contribution >= 0.6 is 0 Å². The Labute approximate surface area is 107 Å². The van der Waals surface area contributed by atoms with Gasteiger partial charge >= 0.3 is 0 Å². The Hall–Kier alpha value is -1.75. The van der Waals surface area contributed by atoms with E-state index in [9.17, 15) is 0 Å². The number of aromatic nitrogens is 4.